The number of nitrogens with one attached hydrogen (secondary N) is 1. The van der Waals surface area contributed by atoms with Gasteiger partial charge in [-0.25, -0.2) is 0 Å². The van der Waals surface area contributed by atoms with Gasteiger partial charge in [0.1, 0.15) is 0 Å². The van der Waals surface area contributed by atoms with E-state index in [1.807, 2.05) is 13.2 Å². The van der Waals surface area contributed by atoms with Crippen LogP contribution in [0, 0.1) is 6.92 Å². The number of fused-ring (bicyclic) bond motifs is 1. The van der Waals surface area contributed by atoms with Crippen LogP contribution in [-0.2, 0) is 13.0 Å². The third-order valence-corrected chi connectivity index (χ3v) is 4.24. The maximum absolute atomic E-state index is 4.69. The fourth-order valence-corrected chi connectivity index (χ4v) is 3.30. The van der Waals surface area contributed by atoms with E-state index in [9.17, 15) is 0 Å². The molecule has 1 atom stereocenters. The summed E-state index contributed by atoms with van der Waals surface area (Å²) >= 11 is 0. The van der Waals surface area contributed by atoms with Crippen molar-refractivity contribution >= 4 is 0 Å². The summed E-state index contributed by atoms with van der Waals surface area (Å²) < 4.78 is 0. The van der Waals surface area contributed by atoms with Crippen molar-refractivity contribution in [3.63, 3.8) is 0 Å². The van der Waals surface area contributed by atoms with E-state index >= 15 is 0 Å². The van der Waals surface area contributed by atoms with Crippen LogP contribution in [0.5, 0.6) is 0 Å². The molecule has 0 amide bonds. The van der Waals surface area contributed by atoms with E-state index in [0.29, 0.717) is 5.92 Å². The summed E-state index contributed by atoms with van der Waals surface area (Å²) in [5.41, 5.74) is 6.92. The molecular formula is C18H22N2. The average molecular weight is 266 g/mol. The predicted molar refractivity (Wildman–Crippen MR) is 83.0 cm³/mol. The molecule has 0 saturated carbocycles. The summed E-state index contributed by atoms with van der Waals surface area (Å²) in [6.45, 7) is 3.10. The van der Waals surface area contributed by atoms with Gasteiger partial charge in [-0.15, -0.1) is 0 Å². The normalized spacial score (nSPS) is 17.8. The van der Waals surface area contributed by atoms with Gasteiger partial charge in [-0.2, -0.15) is 0 Å². The highest BCUT2D eigenvalue weighted by Crippen LogP contribution is 2.37. The Morgan fingerprint density at radius 1 is 1.30 bits per heavy atom. The van der Waals surface area contributed by atoms with Gasteiger partial charge in [-0.3, -0.25) is 4.98 Å². The smallest absolute Gasteiger partial charge is 0.0510 e. The summed E-state index contributed by atoms with van der Waals surface area (Å²) in [6.07, 6.45) is 5.58. The van der Waals surface area contributed by atoms with Gasteiger partial charge in [0.25, 0.3) is 0 Å². The van der Waals surface area contributed by atoms with Gasteiger partial charge < -0.3 is 5.32 Å². The molecule has 20 heavy (non-hydrogen) atoms. The fraction of sp³-hybridized carbons (Fsp3) is 0.389. The van der Waals surface area contributed by atoms with Crippen LogP contribution in [0.2, 0.25) is 0 Å². The van der Waals surface area contributed by atoms with Crippen LogP contribution in [0.1, 0.15) is 46.7 Å². The Hall–Kier alpha value is -1.67. The molecule has 2 heteroatoms. The molecule has 3 rings (SSSR count). The number of pyridine rings is 1. The molecule has 0 saturated heterocycles. The molecule has 2 aromatic rings. The molecule has 0 radical (unpaired) electrons. The SMILES string of the molecule is CNCc1ccc(C)cc1C1CCCc2cccnc21. The van der Waals surface area contributed by atoms with Crippen molar-refractivity contribution in [3.8, 4) is 0 Å². The van der Waals surface area contributed by atoms with E-state index in [1.165, 1.54) is 47.2 Å². The van der Waals surface area contributed by atoms with Gasteiger partial charge >= 0.3 is 0 Å². The highest BCUT2D eigenvalue weighted by atomic mass is 14.8. The highest BCUT2D eigenvalue weighted by molar-refractivity contribution is 5.41. The van der Waals surface area contributed by atoms with E-state index < -0.39 is 0 Å². The van der Waals surface area contributed by atoms with Crippen molar-refractivity contribution in [1.82, 2.24) is 10.3 Å². The van der Waals surface area contributed by atoms with Gasteiger partial charge in [-0.1, -0.05) is 29.8 Å². The first kappa shape index (κ1) is 13.3. The largest absolute Gasteiger partial charge is 0.316 e. The summed E-state index contributed by atoms with van der Waals surface area (Å²) in [6, 6.07) is 11.1. The first-order valence-corrected chi connectivity index (χ1v) is 7.47. The summed E-state index contributed by atoms with van der Waals surface area (Å²) in [4.78, 5) is 4.69. The predicted octanol–water partition coefficient (Wildman–Crippen LogP) is 3.58. The van der Waals surface area contributed by atoms with Crippen molar-refractivity contribution in [2.24, 2.45) is 0 Å². The second-order valence-corrected chi connectivity index (χ2v) is 5.73. The van der Waals surface area contributed by atoms with Crippen LogP contribution in [0.3, 0.4) is 0 Å². The zero-order chi connectivity index (χ0) is 13.9. The number of benzene rings is 1. The minimum atomic E-state index is 0.461. The van der Waals surface area contributed by atoms with Gasteiger partial charge in [0.2, 0.25) is 0 Å². The number of aromatic nitrogens is 1. The van der Waals surface area contributed by atoms with Crippen molar-refractivity contribution < 1.29 is 0 Å². The Morgan fingerprint density at radius 3 is 3.05 bits per heavy atom. The summed E-state index contributed by atoms with van der Waals surface area (Å²) in [5, 5.41) is 3.29. The number of aryl methyl sites for hydroxylation is 2. The van der Waals surface area contributed by atoms with Crippen molar-refractivity contribution in [1.29, 1.82) is 0 Å². The molecule has 1 aliphatic carbocycles. The van der Waals surface area contributed by atoms with Crippen molar-refractivity contribution in [3.05, 3.63) is 64.5 Å². The Morgan fingerprint density at radius 2 is 2.20 bits per heavy atom. The Bertz CT molecular complexity index is 604. The zero-order valence-corrected chi connectivity index (χ0v) is 12.3. The molecule has 2 nitrogen and oxygen atoms in total. The molecule has 1 aliphatic rings. The maximum Gasteiger partial charge on any atom is 0.0510 e. The summed E-state index contributed by atoms with van der Waals surface area (Å²) in [7, 11) is 2.01. The van der Waals surface area contributed by atoms with Gasteiger partial charge in [0, 0.05) is 18.7 Å². The van der Waals surface area contributed by atoms with E-state index in [2.05, 4.69) is 47.6 Å². The number of hydrogen-bond donors (Lipinski definition) is 1. The first-order valence-electron chi connectivity index (χ1n) is 7.47. The minimum absolute atomic E-state index is 0.461. The third-order valence-electron chi connectivity index (χ3n) is 4.24. The lowest BCUT2D eigenvalue weighted by Gasteiger charge is -2.26. The molecule has 1 aromatic heterocycles. The minimum Gasteiger partial charge on any atom is -0.316 e. The second-order valence-electron chi connectivity index (χ2n) is 5.73. The van der Waals surface area contributed by atoms with Crippen molar-refractivity contribution in [2.45, 2.75) is 38.6 Å². The zero-order valence-electron chi connectivity index (χ0n) is 12.3. The van der Waals surface area contributed by atoms with Crippen LogP contribution in [-0.4, -0.2) is 12.0 Å². The fourth-order valence-electron chi connectivity index (χ4n) is 3.30. The number of hydrogen-bond acceptors (Lipinski definition) is 2. The topological polar surface area (TPSA) is 24.9 Å². The molecule has 1 N–H and O–H groups in total. The van der Waals surface area contributed by atoms with Gasteiger partial charge in [0.15, 0.2) is 0 Å². The molecular weight excluding hydrogens is 244 g/mol. The van der Waals surface area contributed by atoms with Crippen LogP contribution in [0.25, 0.3) is 0 Å². The molecule has 0 aliphatic heterocycles. The second kappa shape index (κ2) is 5.76. The third kappa shape index (κ3) is 2.48. The lowest BCUT2D eigenvalue weighted by atomic mass is 9.80. The van der Waals surface area contributed by atoms with E-state index in [1.54, 1.807) is 0 Å². The number of nitrogens with zero attached hydrogens (tertiary/aromatic N) is 1. The molecule has 1 heterocycles. The molecule has 1 unspecified atom stereocenters. The summed E-state index contributed by atoms with van der Waals surface area (Å²) in [5.74, 6) is 0.461. The molecule has 0 bridgehead atoms. The Kier molecular flexibility index (Phi) is 3.83. The highest BCUT2D eigenvalue weighted by Gasteiger charge is 2.24. The van der Waals surface area contributed by atoms with Gasteiger partial charge in [-0.05, 0) is 56.0 Å². The average Bonchev–Trinajstić information content (AvgIpc) is 2.49. The van der Waals surface area contributed by atoms with E-state index in [4.69, 9.17) is 0 Å². The number of rotatable bonds is 3. The van der Waals surface area contributed by atoms with E-state index in [-0.39, 0.29) is 0 Å². The lowest BCUT2D eigenvalue weighted by molar-refractivity contribution is 0.592. The standard InChI is InChI=1S/C18H22N2/c1-13-8-9-15(12-19-2)17(11-13)16-7-3-5-14-6-4-10-20-18(14)16/h4,6,8-11,16,19H,3,5,7,12H2,1-2H3. The molecule has 0 spiro atoms. The molecule has 0 fully saturated rings. The first-order chi connectivity index (χ1) is 9.79. The molecule has 1 aromatic carbocycles. The molecule has 104 valence electrons. The Balaban J connectivity index is 2.07. The van der Waals surface area contributed by atoms with Crippen LogP contribution < -0.4 is 5.32 Å². The Labute approximate surface area is 121 Å². The van der Waals surface area contributed by atoms with Crippen LogP contribution in [0.15, 0.2) is 36.5 Å². The quantitative estimate of drug-likeness (QED) is 0.918. The van der Waals surface area contributed by atoms with E-state index in [0.717, 1.165) is 6.54 Å². The maximum atomic E-state index is 4.69. The van der Waals surface area contributed by atoms with Crippen LogP contribution >= 0.6 is 0 Å². The monoisotopic (exact) mass is 266 g/mol. The van der Waals surface area contributed by atoms with Crippen LogP contribution in [0.4, 0.5) is 0 Å². The lowest BCUT2D eigenvalue weighted by Crippen LogP contribution is -2.16. The van der Waals surface area contributed by atoms with Crippen molar-refractivity contribution in [2.75, 3.05) is 7.05 Å². The van der Waals surface area contributed by atoms with Gasteiger partial charge in [0.05, 0.1) is 5.69 Å².